The van der Waals surface area contributed by atoms with E-state index in [0.717, 1.165) is 5.56 Å². The van der Waals surface area contributed by atoms with Gasteiger partial charge in [0.15, 0.2) is 11.6 Å². The molecule has 90 valence electrons. The highest BCUT2D eigenvalue weighted by molar-refractivity contribution is 5.31. The largest absolute Gasteiger partial charge is 0.494 e. The van der Waals surface area contributed by atoms with Crippen LogP contribution in [0.25, 0.3) is 0 Å². The first-order chi connectivity index (χ1) is 8.26. The van der Waals surface area contributed by atoms with Gasteiger partial charge in [0.2, 0.25) is 0 Å². The van der Waals surface area contributed by atoms with Crippen molar-refractivity contribution in [3.05, 3.63) is 48.0 Å². The minimum atomic E-state index is -0.393. The molecule has 4 nitrogen and oxygen atoms in total. The Hall–Kier alpha value is -1.88. The highest BCUT2D eigenvalue weighted by Gasteiger charge is 2.14. The number of nitrogens with zero attached hydrogens (tertiary/aromatic N) is 2. The maximum absolute atomic E-state index is 13.6. The van der Waals surface area contributed by atoms with Crippen LogP contribution >= 0.6 is 0 Å². The molecule has 1 aromatic heterocycles. The van der Waals surface area contributed by atoms with Gasteiger partial charge in [0.05, 0.1) is 13.2 Å². The summed E-state index contributed by atoms with van der Waals surface area (Å²) in [4.78, 5) is 0. The van der Waals surface area contributed by atoms with E-state index in [2.05, 4.69) is 5.10 Å². The van der Waals surface area contributed by atoms with E-state index < -0.39 is 5.82 Å². The quantitative estimate of drug-likeness (QED) is 0.875. The number of rotatable bonds is 4. The minimum absolute atomic E-state index is 0.162. The second-order valence-electron chi connectivity index (χ2n) is 3.63. The topological polar surface area (TPSA) is 53.1 Å². The van der Waals surface area contributed by atoms with Crippen LogP contribution in [0.15, 0.2) is 36.7 Å². The van der Waals surface area contributed by atoms with Crippen LogP contribution < -0.4 is 10.5 Å². The Kier molecular flexibility index (Phi) is 3.39. The summed E-state index contributed by atoms with van der Waals surface area (Å²) in [5.41, 5.74) is 6.47. The molecule has 17 heavy (non-hydrogen) atoms. The van der Waals surface area contributed by atoms with Gasteiger partial charge in [-0.3, -0.25) is 4.68 Å². The molecule has 2 aromatic rings. The lowest BCUT2D eigenvalue weighted by atomic mass is 10.1. The standard InChI is InChI=1S/C12H14FN3O/c1-17-12-4-3-9(7-10(12)13)11(8-14)16-6-2-5-15-16/h2-7,11H,8,14H2,1H3. The molecule has 1 heterocycles. The number of ether oxygens (including phenoxy) is 1. The van der Waals surface area contributed by atoms with E-state index in [0.29, 0.717) is 6.54 Å². The fraction of sp³-hybridized carbons (Fsp3) is 0.250. The van der Waals surface area contributed by atoms with Gasteiger partial charge in [-0.15, -0.1) is 0 Å². The van der Waals surface area contributed by atoms with Crippen molar-refractivity contribution in [1.82, 2.24) is 9.78 Å². The third kappa shape index (κ3) is 2.29. The van der Waals surface area contributed by atoms with Crippen LogP contribution in [0, 0.1) is 5.82 Å². The van der Waals surface area contributed by atoms with Gasteiger partial charge in [0.1, 0.15) is 0 Å². The Bertz CT molecular complexity index is 485. The van der Waals surface area contributed by atoms with Crippen molar-refractivity contribution in [2.75, 3.05) is 13.7 Å². The van der Waals surface area contributed by atoms with E-state index in [9.17, 15) is 4.39 Å². The summed E-state index contributed by atoms with van der Waals surface area (Å²) in [5.74, 6) is -0.166. The number of aromatic nitrogens is 2. The zero-order chi connectivity index (χ0) is 12.3. The van der Waals surface area contributed by atoms with Crippen LogP contribution in [0.4, 0.5) is 4.39 Å². The molecule has 0 amide bonds. The Morgan fingerprint density at radius 2 is 2.35 bits per heavy atom. The van der Waals surface area contributed by atoms with E-state index in [1.807, 2.05) is 6.07 Å². The van der Waals surface area contributed by atoms with Crippen molar-refractivity contribution in [2.45, 2.75) is 6.04 Å². The predicted molar refractivity (Wildman–Crippen MR) is 62.4 cm³/mol. The fourth-order valence-corrected chi connectivity index (χ4v) is 1.75. The van der Waals surface area contributed by atoms with Crippen molar-refractivity contribution in [1.29, 1.82) is 0 Å². The maximum atomic E-state index is 13.6. The zero-order valence-electron chi connectivity index (χ0n) is 9.51. The number of hydrogen-bond acceptors (Lipinski definition) is 3. The molecule has 1 unspecified atom stereocenters. The van der Waals surface area contributed by atoms with E-state index in [1.165, 1.54) is 13.2 Å². The highest BCUT2D eigenvalue weighted by Crippen LogP contribution is 2.23. The first-order valence-corrected chi connectivity index (χ1v) is 5.29. The lowest BCUT2D eigenvalue weighted by molar-refractivity contribution is 0.385. The molecule has 0 spiro atoms. The van der Waals surface area contributed by atoms with Crippen molar-refractivity contribution in [3.8, 4) is 5.75 Å². The SMILES string of the molecule is COc1ccc(C(CN)n2cccn2)cc1F. The normalized spacial score (nSPS) is 12.4. The Labute approximate surface area is 98.8 Å². The van der Waals surface area contributed by atoms with E-state index in [4.69, 9.17) is 10.5 Å². The Morgan fingerprint density at radius 3 is 2.88 bits per heavy atom. The van der Waals surface area contributed by atoms with Crippen LogP contribution in [-0.4, -0.2) is 23.4 Å². The number of halogens is 1. The second-order valence-corrected chi connectivity index (χ2v) is 3.63. The molecule has 2 N–H and O–H groups in total. The molecule has 0 saturated heterocycles. The molecule has 1 atom stereocenters. The first kappa shape index (κ1) is 11.6. The summed E-state index contributed by atoms with van der Waals surface area (Å²) >= 11 is 0. The molecule has 1 aromatic carbocycles. The average molecular weight is 235 g/mol. The third-order valence-corrected chi connectivity index (χ3v) is 2.63. The number of benzene rings is 1. The van der Waals surface area contributed by atoms with E-state index in [1.54, 1.807) is 29.2 Å². The molecule has 0 bridgehead atoms. The number of nitrogens with two attached hydrogens (primary N) is 1. The van der Waals surface area contributed by atoms with Crippen molar-refractivity contribution in [3.63, 3.8) is 0 Å². The number of methoxy groups -OCH3 is 1. The van der Waals surface area contributed by atoms with Gasteiger partial charge in [-0.2, -0.15) is 5.10 Å². The minimum Gasteiger partial charge on any atom is -0.494 e. The highest BCUT2D eigenvalue weighted by atomic mass is 19.1. The Balaban J connectivity index is 2.35. The van der Waals surface area contributed by atoms with Crippen LogP contribution in [0.1, 0.15) is 11.6 Å². The van der Waals surface area contributed by atoms with Gasteiger partial charge in [0.25, 0.3) is 0 Å². The molecule has 0 saturated carbocycles. The molecule has 0 aliphatic heterocycles. The second kappa shape index (κ2) is 4.97. The van der Waals surface area contributed by atoms with Gasteiger partial charge in [-0.05, 0) is 23.8 Å². The maximum Gasteiger partial charge on any atom is 0.165 e. The van der Waals surface area contributed by atoms with Gasteiger partial charge in [-0.25, -0.2) is 4.39 Å². The van der Waals surface area contributed by atoms with Crippen molar-refractivity contribution < 1.29 is 9.13 Å². The van der Waals surface area contributed by atoms with E-state index >= 15 is 0 Å². The van der Waals surface area contributed by atoms with Gasteiger partial charge < -0.3 is 10.5 Å². The molecule has 0 aliphatic carbocycles. The van der Waals surface area contributed by atoms with E-state index in [-0.39, 0.29) is 11.8 Å². The predicted octanol–water partition coefficient (Wildman–Crippen LogP) is 1.58. The molecule has 2 rings (SSSR count). The summed E-state index contributed by atoms with van der Waals surface area (Å²) in [7, 11) is 1.44. The number of hydrogen-bond donors (Lipinski definition) is 1. The fourth-order valence-electron chi connectivity index (χ4n) is 1.75. The summed E-state index contributed by atoms with van der Waals surface area (Å²) in [6, 6.07) is 6.46. The Morgan fingerprint density at radius 1 is 1.53 bits per heavy atom. The molecular weight excluding hydrogens is 221 g/mol. The summed E-state index contributed by atoms with van der Waals surface area (Å²) in [6.45, 7) is 0.355. The third-order valence-electron chi connectivity index (χ3n) is 2.63. The molecule has 5 heteroatoms. The lowest BCUT2D eigenvalue weighted by Crippen LogP contribution is -2.21. The molecular formula is C12H14FN3O. The zero-order valence-corrected chi connectivity index (χ0v) is 9.51. The van der Waals surface area contributed by atoms with Gasteiger partial charge in [-0.1, -0.05) is 6.07 Å². The van der Waals surface area contributed by atoms with Crippen LogP contribution in [0.3, 0.4) is 0 Å². The smallest absolute Gasteiger partial charge is 0.165 e. The average Bonchev–Trinajstić information content (AvgIpc) is 2.84. The van der Waals surface area contributed by atoms with Crippen molar-refractivity contribution >= 4 is 0 Å². The van der Waals surface area contributed by atoms with Crippen LogP contribution in [0.2, 0.25) is 0 Å². The summed E-state index contributed by atoms with van der Waals surface area (Å²) in [5, 5.41) is 4.12. The molecule has 0 aliphatic rings. The summed E-state index contributed by atoms with van der Waals surface area (Å²) < 4.78 is 20.2. The lowest BCUT2D eigenvalue weighted by Gasteiger charge is -2.16. The van der Waals surface area contributed by atoms with Crippen LogP contribution in [0.5, 0.6) is 5.75 Å². The first-order valence-electron chi connectivity index (χ1n) is 5.29. The van der Waals surface area contributed by atoms with Crippen LogP contribution in [-0.2, 0) is 0 Å². The van der Waals surface area contributed by atoms with Crippen molar-refractivity contribution in [2.24, 2.45) is 5.73 Å². The monoisotopic (exact) mass is 235 g/mol. The summed E-state index contributed by atoms with van der Waals surface area (Å²) in [6.07, 6.45) is 3.47. The van der Waals surface area contributed by atoms with Gasteiger partial charge in [0, 0.05) is 18.9 Å². The molecule has 0 radical (unpaired) electrons. The van der Waals surface area contributed by atoms with Gasteiger partial charge >= 0.3 is 0 Å². The molecule has 0 fully saturated rings.